The van der Waals surface area contributed by atoms with Crippen molar-refractivity contribution in [2.24, 2.45) is 0 Å². The molecule has 0 aromatic heterocycles. The van der Waals surface area contributed by atoms with E-state index in [1.165, 1.54) is 43.5 Å². The van der Waals surface area contributed by atoms with Crippen LogP contribution in [0, 0.1) is 10.1 Å². The van der Waals surface area contributed by atoms with Crippen molar-refractivity contribution in [3.8, 4) is 5.75 Å². The minimum atomic E-state index is -4.93. The van der Waals surface area contributed by atoms with Gasteiger partial charge in [-0.2, -0.15) is 17.5 Å². The van der Waals surface area contributed by atoms with Crippen molar-refractivity contribution >= 4 is 27.3 Å². The topological polar surface area (TPSA) is 107 Å². The Morgan fingerprint density at radius 2 is 1.64 bits per heavy atom. The number of hydrogen-bond donors (Lipinski definition) is 0. The number of para-hydroxylation sites is 1. The largest absolute Gasteiger partial charge is 0.497 e. The Morgan fingerprint density at radius 3 is 2.21 bits per heavy atom. The molecule has 0 saturated carbocycles. The summed E-state index contributed by atoms with van der Waals surface area (Å²) in [6.45, 7) is 0. The molecule has 8 nitrogen and oxygen atoms in total. The van der Waals surface area contributed by atoms with Gasteiger partial charge in [0.15, 0.2) is 0 Å². The molecule has 3 aromatic carbocycles. The van der Waals surface area contributed by atoms with E-state index >= 15 is 0 Å². The van der Waals surface area contributed by atoms with E-state index in [0.29, 0.717) is 17.9 Å². The summed E-state index contributed by atoms with van der Waals surface area (Å²) < 4.78 is 71.5. The highest BCUT2D eigenvalue weighted by Gasteiger charge is 2.37. The molecular weight excluding hydrogens is 465 g/mol. The first-order chi connectivity index (χ1) is 15.5. The number of carbonyl (C=O) groups excluding carboxylic acids is 1. The fourth-order valence-electron chi connectivity index (χ4n) is 2.94. The van der Waals surface area contributed by atoms with Gasteiger partial charge in [0.1, 0.15) is 11.3 Å². The van der Waals surface area contributed by atoms with E-state index in [1.54, 1.807) is 0 Å². The fraction of sp³-hybridized carbons (Fsp3) is 0.0952. The van der Waals surface area contributed by atoms with Crippen molar-refractivity contribution in [2.75, 3.05) is 11.4 Å². The third-order valence-corrected chi connectivity index (χ3v) is 6.23. The molecule has 0 atom stereocenters. The molecule has 0 saturated heterocycles. The number of nitrogens with zero attached hydrogens (tertiary/aromatic N) is 2. The highest BCUT2D eigenvalue weighted by atomic mass is 32.2. The van der Waals surface area contributed by atoms with Gasteiger partial charge in [-0.25, -0.2) is 8.42 Å². The lowest BCUT2D eigenvalue weighted by molar-refractivity contribution is -0.385. The molecular formula is C21H15F3N2O6S. The number of sulfonamides is 1. The summed E-state index contributed by atoms with van der Waals surface area (Å²) in [5.41, 5.74) is -2.72. The second-order valence-electron chi connectivity index (χ2n) is 6.57. The van der Waals surface area contributed by atoms with E-state index in [2.05, 4.69) is 0 Å². The van der Waals surface area contributed by atoms with Gasteiger partial charge in [0.25, 0.3) is 21.6 Å². The first-order valence-corrected chi connectivity index (χ1v) is 10.5. The third-order valence-electron chi connectivity index (χ3n) is 4.52. The monoisotopic (exact) mass is 480 g/mol. The SMILES string of the molecule is COc1ccc(N(C(=O)c2ccccc2[N+](=O)[O-])S(=O)(=O)c2cccc(C(F)(F)F)c2)cc1. The van der Waals surface area contributed by atoms with E-state index in [-0.39, 0.29) is 9.99 Å². The maximum absolute atomic E-state index is 13.4. The maximum Gasteiger partial charge on any atom is 0.416 e. The van der Waals surface area contributed by atoms with Gasteiger partial charge in [-0.15, -0.1) is 0 Å². The van der Waals surface area contributed by atoms with Crippen molar-refractivity contribution in [1.82, 2.24) is 0 Å². The summed E-state index contributed by atoms with van der Waals surface area (Å²) in [7, 11) is -3.57. The number of halogens is 3. The van der Waals surface area contributed by atoms with E-state index in [0.717, 1.165) is 24.3 Å². The zero-order valence-electron chi connectivity index (χ0n) is 16.8. The van der Waals surface area contributed by atoms with Gasteiger partial charge in [0, 0.05) is 6.07 Å². The van der Waals surface area contributed by atoms with Crippen LogP contribution in [0.1, 0.15) is 15.9 Å². The summed E-state index contributed by atoms with van der Waals surface area (Å²) in [6, 6.07) is 12.5. The number of alkyl halides is 3. The average Bonchev–Trinajstić information content (AvgIpc) is 2.79. The predicted octanol–water partition coefficient (Wildman–Crippen LogP) is 4.66. The Bertz CT molecular complexity index is 1310. The zero-order chi connectivity index (χ0) is 24.4. The van der Waals surface area contributed by atoms with E-state index < -0.39 is 48.7 Å². The van der Waals surface area contributed by atoms with Crippen LogP contribution >= 0.6 is 0 Å². The summed E-state index contributed by atoms with van der Waals surface area (Å²) in [5, 5.41) is 11.4. The van der Waals surface area contributed by atoms with Crippen molar-refractivity contribution in [3.05, 3.63) is 94.0 Å². The molecule has 0 fully saturated rings. The van der Waals surface area contributed by atoms with Gasteiger partial charge in [-0.05, 0) is 48.5 Å². The summed E-state index contributed by atoms with van der Waals surface area (Å²) >= 11 is 0. The van der Waals surface area contributed by atoms with Gasteiger partial charge in [-0.3, -0.25) is 14.9 Å². The number of anilines is 1. The molecule has 0 heterocycles. The summed E-state index contributed by atoms with van der Waals surface area (Å²) in [6.07, 6.45) is -4.83. The second-order valence-corrected chi connectivity index (χ2v) is 8.36. The number of nitro groups is 1. The number of hydrogen-bond acceptors (Lipinski definition) is 6. The Hall–Kier alpha value is -3.93. The molecule has 0 radical (unpaired) electrons. The number of amides is 1. The molecule has 0 spiro atoms. The van der Waals surface area contributed by atoms with Crippen LogP contribution in [-0.4, -0.2) is 26.4 Å². The molecule has 172 valence electrons. The zero-order valence-corrected chi connectivity index (χ0v) is 17.6. The number of methoxy groups -OCH3 is 1. The molecule has 0 aliphatic rings. The first kappa shape index (κ1) is 23.7. The molecule has 12 heteroatoms. The highest BCUT2D eigenvalue weighted by Crippen LogP contribution is 2.34. The second kappa shape index (κ2) is 8.90. The lowest BCUT2D eigenvalue weighted by atomic mass is 10.1. The molecule has 3 rings (SSSR count). The fourth-order valence-corrected chi connectivity index (χ4v) is 4.40. The van der Waals surface area contributed by atoms with Gasteiger partial charge in [-0.1, -0.05) is 18.2 Å². The summed E-state index contributed by atoms with van der Waals surface area (Å²) in [5.74, 6) is -1.00. The molecule has 33 heavy (non-hydrogen) atoms. The number of nitro benzene ring substituents is 1. The Labute approximate surface area is 186 Å². The van der Waals surface area contributed by atoms with Crippen molar-refractivity contribution in [2.45, 2.75) is 11.1 Å². The van der Waals surface area contributed by atoms with Gasteiger partial charge in [0.2, 0.25) is 0 Å². The lowest BCUT2D eigenvalue weighted by Gasteiger charge is -2.23. The van der Waals surface area contributed by atoms with E-state index in [4.69, 9.17) is 4.74 Å². The molecule has 0 unspecified atom stereocenters. The third kappa shape index (κ3) is 4.80. The van der Waals surface area contributed by atoms with Gasteiger partial charge in [0.05, 0.1) is 28.2 Å². The van der Waals surface area contributed by atoms with Crippen molar-refractivity contribution in [3.63, 3.8) is 0 Å². The van der Waals surface area contributed by atoms with Crippen LogP contribution in [0.15, 0.2) is 77.7 Å². The Morgan fingerprint density at radius 1 is 1.00 bits per heavy atom. The number of ether oxygens (including phenoxy) is 1. The summed E-state index contributed by atoms with van der Waals surface area (Å²) in [4.78, 5) is 23.0. The Balaban J connectivity index is 2.23. The Kier molecular flexibility index (Phi) is 6.40. The maximum atomic E-state index is 13.4. The molecule has 0 aliphatic carbocycles. The minimum Gasteiger partial charge on any atom is -0.497 e. The normalized spacial score (nSPS) is 11.6. The number of rotatable bonds is 6. The van der Waals surface area contributed by atoms with Gasteiger partial charge < -0.3 is 4.74 Å². The number of benzene rings is 3. The minimum absolute atomic E-state index is 0.226. The van der Waals surface area contributed by atoms with Crippen LogP contribution in [0.3, 0.4) is 0 Å². The lowest BCUT2D eigenvalue weighted by Crippen LogP contribution is -2.37. The van der Waals surface area contributed by atoms with Crippen LogP contribution in [-0.2, 0) is 16.2 Å². The van der Waals surface area contributed by atoms with E-state index in [9.17, 15) is 36.5 Å². The van der Waals surface area contributed by atoms with Crippen LogP contribution in [0.5, 0.6) is 5.75 Å². The molecule has 1 amide bonds. The van der Waals surface area contributed by atoms with Crippen LogP contribution in [0.25, 0.3) is 0 Å². The van der Waals surface area contributed by atoms with Crippen molar-refractivity contribution in [1.29, 1.82) is 0 Å². The standard InChI is InChI=1S/C21H15F3N2O6S/c1-32-16-11-9-15(10-12-16)25(20(27)18-7-2-3-8-19(18)26(28)29)33(30,31)17-6-4-5-14(13-17)21(22,23)24/h2-13H,1H3. The average molecular weight is 480 g/mol. The van der Waals surface area contributed by atoms with Crippen molar-refractivity contribution < 1.29 is 36.0 Å². The number of carbonyl (C=O) groups is 1. The molecule has 0 N–H and O–H groups in total. The van der Waals surface area contributed by atoms with Gasteiger partial charge >= 0.3 is 6.18 Å². The van der Waals surface area contributed by atoms with Crippen LogP contribution in [0.2, 0.25) is 0 Å². The van der Waals surface area contributed by atoms with E-state index in [1.807, 2.05) is 0 Å². The van der Waals surface area contributed by atoms with Crippen LogP contribution < -0.4 is 9.04 Å². The van der Waals surface area contributed by atoms with Crippen LogP contribution in [0.4, 0.5) is 24.5 Å². The smallest absolute Gasteiger partial charge is 0.416 e. The first-order valence-electron chi connectivity index (χ1n) is 9.11. The molecule has 3 aromatic rings. The molecule has 0 bridgehead atoms. The quantitative estimate of drug-likeness (QED) is 0.375. The predicted molar refractivity (Wildman–Crippen MR) is 112 cm³/mol. The highest BCUT2D eigenvalue weighted by molar-refractivity contribution is 7.93. The molecule has 0 aliphatic heterocycles.